The van der Waals surface area contributed by atoms with Crippen molar-refractivity contribution in [2.45, 2.75) is 18.9 Å². The SMILES string of the molecule is C1=C2C=c3sc4ccccc4c3=CC2CC(N(c2ccc(-c3cnc4ccccc4c3)cc2)c2ccc3cc4sc5ccccc5c4cc3c2)C1. The Morgan fingerprint density at radius 3 is 2.27 bits per heavy atom. The summed E-state index contributed by atoms with van der Waals surface area (Å²) in [6, 6.07) is 49.6. The fourth-order valence-electron chi connectivity index (χ4n) is 8.43. The highest BCUT2D eigenvalue weighted by molar-refractivity contribution is 7.25. The van der Waals surface area contributed by atoms with Crippen LogP contribution in [0.5, 0.6) is 0 Å². The number of anilines is 2. The van der Waals surface area contributed by atoms with Gasteiger partial charge in [0.05, 0.1) is 5.52 Å². The zero-order valence-corrected chi connectivity index (χ0v) is 29.4. The number of hydrogen-bond acceptors (Lipinski definition) is 4. The second-order valence-corrected chi connectivity index (χ2v) is 16.1. The Morgan fingerprint density at radius 2 is 1.37 bits per heavy atom. The molecule has 0 saturated carbocycles. The van der Waals surface area contributed by atoms with Crippen molar-refractivity contribution in [2.75, 3.05) is 4.90 Å². The van der Waals surface area contributed by atoms with Crippen molar-refractivity contribution in [1.82, 2.24) is 4.98 Å². The molecule has 0 N–H and O–H groups in total. The molecule has 2 atom stereocenters. The maximum atomic E-state index is 4.75. The van der Waals surface area contributed by atoms with Gasteiger partial charge in [-0.25, -0.2) is 0 Å². The summed E-state index contributed by atoms with van der Waals surface area (Å²) < 4.78 is 5.46. The minimum Gasteiger partial charge on any atom is -0.338 e. The van der Waals surface area contributed by atoms with Gasteiger partial charge in [0.2, 0.25) is 0 Å². The van der Waals surface area contributed by atoms with E-state index in [4.69, 9.17) is 4.98 Å². The molecule has 0 spiro atoms. The Balaban J connectivity index is 1.02. The summed E-state index contributed by atoms with van der Waals surface area (Å²) in [4.78, 5) is 7.36. The van der Waals surface area contributed by atoms with E-state index in [2.05, 4.69) is 151 Å². The first kappa shape index (κ1) is 29.2. The summed E-state index contributed by atoms with van der Waals surface area (Å²) in [7, 11) is 0. The molecule has 2 nitrogen and oxygen atoms in total. The molecule has 11 rings (SSSR count). The van der Waals surface area contributed by atoms with Crippen molar-refractivity contribution < 1.29 is 0 Å². The standard InChI is InChI=1S/C47H32N2S2/c1-4-10-43-32(7-1)21-35(28-48-43)29-13-17-36(18-14-29)49(37-19-15-30-26-46-41(24-33(30)22-37)39-8-2-5-11-44(39)50-46)38-20-16-31-27-47-42(25-34(31)23-38)40-9-3-6-12-45(40)51-47/h1-19,21-22,24-28,34,38H,20,23H2. The average Bonchev–Trinajstić information content (AvgIpc) is 3.73. The third-order valence-electron chi connectivity index (χ3n) is 10.9. The number of thiophene rings is 2. The Kier molecular flexibility index (Phi) is 6.58. The largest absolute Gasteiger partial charge is 0.338 e. The molecule has 9 aromatic rings. The summed E-state index contributed by atoms with van der Waals surface area (Å²) in [5.41, 5.74) is 7.27. The lowest BCUT2D eigenvalue weighted by atomic mass is 9.81. The summed E-state index contributed by atoms with van der Waals surface area (Å²) in [5, 5.41) is 9.21. The van der Waals surface area contributed by atoms with E-state index in [0.29, 0.717) is 12.0 Å². The van der Waals surface area contributed by atoms with Crippen LogP contribution >= 0.6 is 22.7 Å². The van der Waals surface area contributed by atoms with Crippen molar-refractivity contribution in [3.63, 3.8) is 0 Å². The summed E-state index contributed by atoms with van der Waals surface area (Å²) >= 11 is 3.80. The highest BCUT2D eigenvalue weighted by atomic mass is 32.1. The maximum absolute atomic E-state index is 4.75. The highest BCUT2D eigenvalue weighted by Crippen LogP contribution is 2.41. The lowest BCUT2D eigenvalue weighted by Gasteiger charge is -2.38. The smallest absolute Gasteiger partial charge is 0.0702 e. The number of nitrogens with zero attached hydrogens (tertiary/aromatic N) is 2. The molecule has 242 valence electrons. The number of rotatable bonds is 4. The summed E-state index contributed by atoms with van der Waals surface area (Å²) in [5.74, 6) is 0.386. The molecule has 2 aliphatic rings. The van der Waals surface area contributed by atoms with E-state index in [9.17, 15) is 0 Å². The zero-order chi connectivity index (χ0) is 33.5. The van der Waals surface area contributed by atoms with Crippen LogP contribution in [0.4, 0.5) is 11.4 Å². The van der Waals surface area contributed by atoms with Crippen LogP contribution in [0, 0.1) is 5.92 Å². The molecule has 3 aromatic heterocycles. The number of hydrogen-bond donors (Lipinski definition) is 0. The van der Waals surface area contributed by atoms with Gasteiger partial charge in [-0.1, -0.05) is 84.9 Å². The van der Waals surface area contributed by atoms with Crippen molar-refractivity contribution in [3.05, 3.63) is 161 Å². The average molecular weight is 689 g/mol. The lowest BCUT2D eigenvalue weighted by Crippen LogP contribution is -2.37. The maximum Gasteiger partial charge on any atom is 0.0702 e. The van der Waals surface area contributed by atoms with Gasteiger partial charge in [-0.15, -0.1) is 22.7 Å². The first-order chi connectivity index (χ1) is 25.2. The quantitative estimate of drug-likeness (QED) is 0.183. The molecule has 4 heteroatoms. The monoisotopic (exact) mass is 688 g/mol. The Morgan fingerprint density at radius 1 is 0.588 bits per heavy atom. The lowest BCUT2D eigenvalue weighted by molar-refractivity contribution is 0.534. The molecule has 2 unspecified atom stereocenters. The van der Waals surface area contributed by atoms with Gasteiger partial charge in [-0.3, -0.25) is 4.98 Å². The molecule has 2 aliphatic carbocycles. The van der Waals surface area contributed by atoms with E-state index in [1.807, 2.05) is 34.9 Å². The van der Waals surface area contributed by atoms with E-state index in [1.165, 1.54) is 73.3 Å². The number of allylic oxidation sites excluding steroid dienone is 1. The van der Waals surface area contributed by atoms with Gasteiger partial charge in [0.1, 0.15) is 0 Å². The number of benzene rings is 6. The van der Waals surface area contributed by atoms with Gasteiger partial charge in [-0.2, -0.15) is 0 Å². The predicted molar refractivity (Wildman–Crippen MR) is 221 cm³/mol. The zero-order valence-electron chi connectivity index (χ0n) is 27.8. The molecule has 0 radical (unpaired) electrons. The molecular weight excluding hydrogens is 657 g/mol. The Bertz CT molecular complexity index is 3000. The molecule has 3 heterocycles. The second kappa shape index (κ2) is 11.5. The van der Waals surface area contributed by atoms with Gasteiger partial charge < -0.3 is 4.90 Å². The van der Waals surface area contributed by atoms with Gasteiger partial charge in [0.25, 0.3) is 0 Å². The second-order valence-electron chi connectivity index (χ2n) is 13.9. The first-order valence-corrected chi connectivity index (χ1v) is 19.4. The van der Waals surface area contributed by atoms with Crippen LogP contribution in [0.1, 0.15) is 12.8 Å². The van der Waals surface area contributed by atoms with Crippen LogP contribution in [0.25, 0.3) is 75.2 Å². The van der Waals surface area contributed by atoms with E-state index in [0.717, 1.165) is 29.3 Å². The van der Waals surface area contributed by atoms with Crippen molar-refractivity contribution in [2.24, 2.45) is 5.92 Å². The fourth-order valence-corrected chi connectivity index (χ4v) is 10.7. The van der Waals surface area contributed by atoms with Crippen molar-refractivity contribution in [3.8, 4) is 11.1 Å². The topological polar surface area (TPSA) is 16.1 Å². The molecule has 0 amide bonds. The molecule has 6 aromatic carbocycles. The fraction of sp³-hybridized carbons (Fsp3) is 0.0851. The van der Waals surface area contributed by atoms with Gasteiger partial charge in [0.15, 0.2) is 0 Å². The number of para-hydroxylation sites is 1. The van der Waals surface area contributed by atoms with Crippen LogP contribution in [0.2, 0.25) is 0 Å². The van der Waals surface area contributed by atoms with Gasteiger partial charge in [0, 0.05) is 75.3 Å². The summed E-state index contributed by atoms with van der Waals surface area (Å²) in [6.45, 7) is 0. The third-order valence-corrected chi connectivity index (χ3v) is 13.2. The minimum atomic E-state index is 0.311. The highest BCUT2D eigenvalue weighted by Gasteiger charge is 2.29. The molecule has 0 fully saturated rings. The van der Waals surface area contributed by atoms with E-state index in [-0.39, 0.29) is 0 Å². The third kappa shape index (κ3) is 4.85. The van der Waals surface area contributed by atoms with Crippen LogP contribution in [0.15, 0.2) is 151 Å². The molecular formula is C47H32N2S2. The minimum absolute atomic E-state index is 0.311. The van der Waals surface area contributed by atoms with Crippen LogP contribution in [0.3, 0.4) is 0 Å². The van der Waals surface area contributed by atoms with Crippen LogP contribution < -0.4 is 14.7 Å². The number of aromatic nitrogens is 1. The van der Waals surface area contributed by atoms with Gasteiger partial charge in [-0.05, 0) is 107 Å². The van der Waals surface area contributed by atoms with Crippen molar-refractivity contribution in [1.29, 1.82) is 0 Å². The van der Waals surface area contributed by atoms with Crippen LogP contribution in [-0.2, 0) is 0 Å². The Hall–Kier alpha value is -5.55. The Labute approximate surface area is 303 Å². The van der Waals surface area contributed by atoms with E-state index in [1.54, 1.807) is 0 Å². The van der Waals surface area contributed by atoms with Crippen LogP contribution in [-0.4, -0.2) is 11.0 Å². The van der Waals surface area contributed by atoms with Gasteiger partial charge >= 0.3 is 0 Å². The number of pyridine rings is 1. The molecule has 0 aliphatic heterocycles. The summed E-state index contributed by atoms with van der Waals surface area (Å²) in [6.07, 6.45) is 11.6. The molecule has 0 saturated heterocycles. The first-order valence-electron chi connectivity index (χ1n) is 17.7. The number of fused-ring (bicyclic) bond motifs is 9. The van der Waals surface area contributed by atoms with E-state index >= 15 is 0 Å². The van der Waals surface area contributed by atoms with E-state index < -0.39 is 0 Å². The normalized spacial score (nSPS) is 16.9. The molecule has 51 heavy (non-hydrogen) atoms. The van der Waals surface area contributed by atoms with Crippen molar-refractivity contribution >= 4 is 98.1 Å². The predicted octanol–water partition coefficient (Wildman–Crippen LogP) is 11.8. The molecule has 0 bridgehead atoms.